The molecule has 1 aromatic carbocycles. The summed E-state index contributed by atoms with van der Waals surface area (Å²) >= 11 is 5.49. The van der Waals surface area contributed by atoms with E-state index >= 15 is 0 Å². The van der Waals surface area contributed by atoms with E-state index in [-0.39, 0.29) is 12.4 Å². The second kappa shape index (κ2) is 5.96. The van der Waals surface area contributed by atoms with Crippen molar-refractivity contribution in [3.05, 3.63) is 55.7 Å². The van der Waals surface area contributed by atoms with Crippen LogP contribution in [-0.4, -0.2) is 18.5 Å². The summed E-state index contributed by atoms with van der Waals surface area (Å²) in [6, 6.07) is 11.3. The molecule has 1 aliphatic rings. The number of likely N-dealkylation sites (N-methyl/N-ethyl adjacent to an activating group) is 1. The van der Waals surface area contributed by atoms with E-state index in [9.17, 15) is 0 Å². The Bertz CT molecular complexity index is 564. The molecule has 1 aromatic heterocycles. The van der Waals surface area contributed by atoms with Crippen molar-refractivity contribution in [3.8, 4) is 0 Å². The largest absolute Gasteiger partial charge is 0.300 e. The van der Waals surface area contributed by atoms with Crippen LogP contribution < -0.4 is 0 Å². The summed E-state index contributed by atoms with van der Waals surface area (Å²) in [5.74, 6) is 0.516. The summed E-state index contributed by atoms with van der Waals surface area (Å²) in [7, 11) is 2.21. The van der Waals surface area contributed by atoms with E-state index in [1.165, 1.54) is 25.4 Å². The molecule has 1 atom stereocenters. The van der Waals surface area contributed by atoms with E-state index in [0.29, 0.717) is 5.92 Å². The lowest BCUT2D eigenvalue weighted by Gasteiger charge is -2.30. The number of hydrogen-bond donors (Lipinski definition) is 0. The van der Waals surface area contributed by atoms with Gasteiger partial charge in [-0.05, 0) is 47.1 Å². The topological polar surface area (TPSA) is 3.24 Å². The molecule has 0 saturated heterocycles. The average Bonchev–Trinajstić information content (AvgIpc) is 2.69. The number of hydrogen-bond acceptors (Lipinski definition) is 2. The number of rotatable bonds is 1. The van der Waals surface area contributed by atoms with Gasteiger partial charge in [-0.1, -0.05) is 29.8 Å². The van der Waals surface area contributed by atoms with Gasteiger partial charge in [-0.3, -0.25) is 0 Å². The molecule has 3 rings (SSSR count). The fourth-order valence-corrected chi connectivity index (χ4v) is 4.49. The van der Waals surface area contributed by atoms with Crippen molar-refractivity contribution in [2.24, 2.45) is 0 Å². The van der Waals surface area contributed by atoms with Crippen molar-refractivity contribution in [3.63, 3.8) is 0 Å². The van der Waals surface area contributed by atoms with Crippen LogP contribution in [0.15, 0.2) is 34.1 Å². The van der Waals surface area contributed by atoms with Crippen molar-refractivity contribution >= 4 is 39.7 Å². The molecule has 0 aliphatic carbocycles. The van der Waals surface area contributed by atoms with Crippen LogP contribution in [0.4, 0.5) is 0 Å². The lowest BCUT2D eigenvalue weighted by Crippen LogP contribution is -2.29. The van der Waals surface area contributed by atoms with Crippen LogP contribution in [0.3, 0.4) is 0 Å². The van der Waals surface area contributed by atoms with E-state index < -0.39 is 0 Å². The molecule has 1 unspecified atom stereocenters. The molecule has 1 nitrogen and oxygen atoms in total. The fourth-order valence-electron chi connectivity index (χ4n) is 2.63. The third-order valence-electron chi connectivity index (χ3n) is 3.57. The molecule has 102 valence electrons. The molecular weight excluding hydrogens is 342 g/mol. The Morgan fingerprint density at radius 2 is 1.95 bits per heavy atom. The Hall–Kier alpha value is -0.350. The first-order valence-corrected chi connectivity index (χ1v) is 7.77. The molecule has 2 aromatic rings. The van der Waals surface area contributed by atoms with Gasteiger partial charge >= 0.3 is 0 Å². The highest BCUT2D eigenvalue weighted by Crippen LogP contribution is 2.39. The molecular formula is C15H17BrClNS. The maximum atomic E-state index is 3.62. The summed E-state index contributed by atoms with van der Waals surface area (Å²) in [4.78, 5) is 3.91. The van der Waals surface area contributed by atoms with E-state index in [4.69, 9.17) is 0 Å². The first kappa shape index (κ1) is 15.0. The minimum Gasteiger partial charge on any atom is -0.300 e. The predicted molar refractivity (Wildman–Crippen MR) is 88.6 cm³/mol. The lowest BCUT2D eigenvalue weighted by molar-refractivity contribution is 0.299. The number of aryl methyl sites for hydroxylation is 1. The van der Waals surface area contributed by atoms with E-state index in [0.717, 1.165) is 13.1 Å². The van der Waals surface area contributed by atoms with Gasteiger partial charge in [0.25, 0.3) is 0 Å². The van der Waals surface area contributed by atoms with E-state index in [1.807, 2.05) is 11.3 Å². The monoisotopic (exact) mass is 357 g/mol. The molecule has 0 saturated carbocycles. The smallest absolute Gasteiger partial charge is 0.0704 e. The second-order valence-electron chi connectivity index (χ2n) is 5.09. The van der Waals surface area contributed by atoms with Gasteiger partial charge in [0.05, 0.1) is 3.79 Å². The first-order valence-electron chi connectivity index (χ1n) is 6.16. The van der Waals surface area contributed by atoms with Crippen LogP contribution in [0, 0.1) is 6.92 Å². The summed E-state index contributed by atoms with van der Waals surface area (Å²) in [6.45, 7) is 4.33. The zero-order valence-electron chi connectivity index (χ0n) is 11.0. The van der Waals surface area contributed by atoms with Gasteiger partial charge in [0.1, 0.15) is 0 Å². The normalized spacial score (nSPS) is 18.8. The van der Waals surface area contributed by atoms with Crippen LogP contribution in [-0.2, 0) is 6.54 Å². The summed E-state index contributed by atoms with van der Waals surface area (Å²) in [5, 5.41) is 0. The Labute approximate surface area is 133 Å². The Morgan fingerprint density at radius 3 is 2.63 bits per heavy atom. The molecule has 19 heavy (non-hydrogen) atoms. The maximum Gasteiger partial charge on any atom is 0.0704 e. The van der Waals surface area contributed by atoms with Crippen LogP contribution in [0.1, 0.15) is 27.5 Å². The van der Waals surface area contributed by atoms with Gasteiger partial charge in [0, 0.05) is 23.9 Å². The predicted octanol–water partition coefficient (Wildman–Crippen LogP) is 4.82. The summed E-state index contributed by atoms with van der Waals surface area (Å²) < 4.78 is 1.25. The van der Waals surface area contributed by atoms with Gasteiger partial charge in [-0.25, -0.2) is 0 Å². The van der Waals surface area contributed by atoms with Crippen molar-refractivity contribution in [1.29, 1.82) is 0 Å². The summed E-state index contributed by atoms with van der Waals surface area (Å²) in [6.07, 6.45) is 0. The SMILES string of the molecule is Cc1ccc(C2CN(C)Cc3sc(Br)cc32)cc1.Cl. The third-order valence-corrected chi connectivity index (χ3v) is 5.21. The highest BCUT2D eigenvalue weighted by Gasteiger charge is 2.26. The van der Waals surface area contributed by atoms with E-state index in [2.05, 4.69) is 65.1 Å². The lowest BCUT2D eigenvalue weighted by atomic mass is 9.88. The van der Waals surface area contributed by atoms with Crippen LogP contribution in [0.25, 0.3) is 0 Å². The van der Waals surface area contributed by atoms with Crippen molar-refractivity contribution in [2.45, 2.75) is 19.4 Å². The Balaban J connectivity index is 0.00000133. The molecule has 0 N–H and O–H groups in total. The number of halogens is 2. The highest BCUT2D eigenvalue weighted by molar-refractivity contribution is 9.11. The molecule has 0 bridgehead atoms. The Kier molecular flexibility index (Phi) is 4.72. The van der Waals surface area contributed by atoms with E-state index in [1.54, 1.807) is 0 Å². The Morgan fingerprint density at radius 1 is 1.26 bits per heavy atom. The van der Waals surface area contributed by atoms with Gasteiger partial charge in [0.2, 0.25) is 0 Å². The second-order valence-corrected chi connectivity index (χ2v) is 7.61. The van der Waals surface area contributed by atoms with Crippen molar-refractivity contribution < 1.29 is 0 Å². The quantitative estimate of drug-likeness (QED) is 0.706. The first-order chi connectivity index (χ1) is 8.63. The molecule has 0 amide bonds. The molecule has 4 heteroatoms. The van der Waals surface area contributed by atoms with Crippen molar-refractivity contribution in [2.75, 3.05) is 13.6 Å². The van der Waals surface area contributed by atoms with Gasteiger partial charge in [0.15, 0.2) is 0 Å². The minimum atomic E-state index is 0. The zero-order chi connectivity index (χ0) is 12.7. The van der Waals surface area contributed by atoms with Crippen molar-refractivity contribution in [1.82, 2.24) is 4.90 Å². The zero-order valence-corrected chi connectivity index (χ0v) is 14.2. The molecule has 2 heterocycles. The third kappa shape index (κ3) is 3.05. The molecule has 0 spiro atoms. The number of benzene rings is 1. The fraction of sp³-hybridized carbons (Fsp3) is 0.333. The standard InChI is InChI=1S/C15H16BrNS.ClH/c1-10-3-5-11(6-4-10)13-8-17(2)9-14-12(13)7-15(16)18-14;/h3-7,13H,8-9H2,1-2H3;1H. The van der Waals surface area contributed by atoms with Gasteiger partial charge < -0.3 is 4.90 Å². The molecule has 0 radical (unpaired) electrons. The molecule has 0 fully saturated rings. The molecule has 1 aliphatic heterocycles. The van der Waals surface area contributed by atoms with Gasteiger partial charge in [-0.15, -0.1) is 23.7 Å². The average molecular weight is 359 g/mol. The van der Waals surface area contributed by atoms with Crippen LogP contribution in [0.5, 0.6) is 0 Å². The highest BCUT2D eigenvalue weighted by atomic mass is 79.9. The number of nitrogens with zero attached hydrogens (tertiary/aromatic N) is 1. The van der Waals surface area contributed by atoms with Crippen LogP contribution >= 0.6 is 39.7 Å². The minimum absolute atomic E-state index is 0. The van der Waals surface area contributed by atoms with Gasteiger partial charge in [-0.2, -0.15) is 0 Å². The number of fused-ring (bicyclic) bond motifs is 1. The summed E-state index contributed by atoms with van der Waals surface area (Å²) in [5.41, 5.74) is 4.27. The maximum absolute atomic E-state index is 3.62. The number of thiophene rings is 1. The van der Waals surface area contributed by atoms with Crippen LogP contribution in [0.2, 0.25) is 0 Å².